The summed E-state index contributed by atoms with van der Waals surface area (Å²) in [6, 6.07) is -0.666. The van der Waals surface area contributed by atoms with E-state index in [0.29, 0.717) is 13.0 Å². The zero-order valence-corrected chi connectivity index (χ0v) is 9.29. The van der Waals surface area contributed by atoms with Crippen molar-refractivity contribution in [3.63, 3.8) is 0 Å². The van der Waals surface area contributed by atoms with Crippen LogP contribution in [0, 0.1) is 0 Å². The van der Waals surface area contributed by atoms with Crippen molar-refractivity contribution in [3.8, 4) is 0 Å². The van der Waals surface area contributed by atoms with Crippen LogP contribution in [0.3, 0.4) is 0 Å². The lowest BCUT2D eigenvalue weighted by Crippen LogP contribution is -2.43. The van der Waals surface area contributed by atoms with Crippen LogP contribution < -0.4 is 11.5 Å². The number of hydrogen-bond acceptors (Lipinski definition) is 3. The molecule has 1 aliphatic heterocycles. The molecule has 0 aromatic rings. The number of rotatable bonds is 5. The van der Waals surface area contributed by atoms with Crippen molar-refractivity contribution in [3.05, 3.63) is 0 Å². The van der Waals surface area contributed by atoms with E-state index >= 15 is 0 Å². The maximum atomic E-state index is 12.9. The van der Waals surface area contributed by atoms with Crippen LogP contribution in [0.4, 0.5) is 8.78 Å². The van der Waals surface area contributed by atoms with Crippen molar-refractivity contribution in [1.29, 1.82) is 0 Å². The van der Waals surface area contributed by atoms with Gasteiger partial charge in [-0.05, 0) is 19.4 Å². The van der Waals surface area contributed by atoms with E-state index in [2.05, 4.69) is 0 Å². The van der Waals surface area contributed by atoms with E-state index in [-0.39, 0.29) is 18.9 Å². The SMILES string of the molecule is NCCCC[C@H](N)C(=O)N1CCC(F)(F)C1. The number of hydrogen-bond donors (Lipinski definition) is 2. The topological polar surface area (TPSA) is 72.3 Å². The number of carbonyl (C=O) groups is 1. The Kier molecular flexibility index (Phi) is 4.61. The maximum Gasteiger partial charge on any atom is 0.267 e. The number of carbonyl (C=O) groups excluding carboxylic acids is 1. The number of nitrogens with two attached hydrogens (primary N) is 2. The van der Waals surface area contributed by atoms with Crippen molar-refractivity contribution in [2.24, 2.45) is 11.5 Å². The van der Waals surface area contributed by atoms with Crippen molar-refractivity contribution in [2.75, 3.05) is 19.6 Å². The molecule has 6 heteroatoms. The summed E-state index contributed by atoms with van der Waals surface area (Å²) >= 11 is 0. The van der Waals surface area contributed by atoms with Crippen LogP contribution >= 0.6 is 0 Å². The minimum atomic E-state index is -2.74. The summed E-state index contributed by atoms with van der Waals surface area (Å²) in [5.74, 6) is -3.11. The van der Waals surface area contributed by atoms with Gasteiger partial charge in [-0.2, -0.15) is 0 Å². The summed E-state index contributed by atoms with van der Waals surface area (Å²) in [7, 11) is 0. The molecule has 0 aromatic carbocycles. The second-order valence-corrected chi connectivity index (χ2v) is 4.26. The third kappa shape index (κ3) is 3.68. The molecule has 0 unspecified atom stereocenters. The van der Waals surface area contributed by atoms with Crippen molar-refractivity contribution >= 4 is 5.91 Å². The molecule has 94 valence electrons. The van der Waals surface area contributed by atoms with Gasteiger partial charge in [-0.25, -0.2) is 8.78 Å². The summed E-state index contributed by atoms with van der Waals surface area (Å²) in [5.41, 5.74) is 11.0. The number of likely N-dealkylation sites (tertiary alicyclic amines) is 1. The first-order chi connectivity index (χ1) is 7.46. The average molecular weight is 235 g/mol. The number of unbranched alkanes of at least 4 members (excludes halogenated alkanes) is 1. The molecule has 0 radical (unpaired) electrons. The standard InChI is InChI=1S/C10H19F2N3O/c11-10(12)4-6-15(7-10)9(16)8(14)3-1-2-5-13/h8H,1-7,13-14H2/t8-/m0/s1. The summed E-state index contributed by atoms with van der Waals surface area (Å²) < 4.78 is 25.7. The quantitative estimate of drug-likeness (QED) is 0.674. The largest absolute Gasteiger partial charge is 0.335 e. The van der Waals surface area contributed by atoms with E-state index < -0.39 is 18.5 Å². The van der Waals surface area contributed by atoms with Crippen LogP contribution in [-0.2, 0) is 4.79 Å². The van der Waals surface area contributed by atoms with Crippen LogP contribution in [0.5, 0.6) is 0 Å². The molecule has 1 aliphatic rings. The van der Waals surface area contributed by atoms with Gasteiger partial charge in [0, 0.05) is 13.0 Å². The van der Waals surface area contributed by atoms with Gasteiger partial charge in [0.25, 0.3) is 5.92 Å². The molecule has 0 aromatic heterocycles. The van der Waals surface area contributed by atoms with Gasteiger partial charge in [-0.15, -0.1) is 0 Å². The fraction of sp³-hybridized carbons (Fsp3) is 0.900. The molecule has 0 spiro atoms. The highest BCUT2D eigenvalue weighted by molar-refractivity contribution is 5.81. The Morgan fingerprint density at radius 2 is 2.12 bits per heavy atom. The average Bonchev–Trinajstić information content (AvgIpc) is 2.58. The molecular formula is C10H19F2N3O. The number of alkyl halides is 2. The minimum absolute atomic E-state index is 0.108. The van der Waals surface area contributed by atoms with Gasteiger partial charge in [0.1, 0.15) is 0 Å². The highest BCUT2D eigenvalue weighted by atomic mass is 19.3. The van der Waals surface area contributed by atoms with Crippen molar-refractivity contribution < 1.29 is 13.6 Å². The van der Waals surface area contributed by atoms with E-state index in [0.717, 1.165) is 17.7 Å². The van der Waals surface area contributed by atoms with Crippen LogP contribution in [0.1, 0.15) is 25.7 Å². The lowest BCUT2D eigenvalue weighted by Gasteiger charge is -2.20. The normalized spacial score (nSPS) is 21.1. The smallest absolute Gasteiger partial charge is 0.267 e. The molecular weight excluding hydrogens is 216 g/mol. The van der Waals surface area contributed by atoms with Gasteiger partial charge < -0.3 is 16.4 Å². The Morgan fingerprint density at radius 3 is 2.62 bits per heavy atom. The predicted octanol–water partition coefficient (Wildman–Crippen LogP) is 0.310. The number of nitrogens with zero attached hydrogens (tertiary/aromatic N) is 1. The molecule has 16 heavy (non-hydrogen) atoms. The summed E-state index contributed by atoms with van der Waals surface area (Å²) in [5, 5.41) is 0. The van der Waals surface area contributed by atoms with Gasteiger partial charge >= 0.3 is 0 Å². The lowest BCUT2D eigenvalue weighted by molar-refractivity contribution is -0.133. The molecule has 4 nitrogen and oxygen atoms in total. The Morgan fingerprint density at radius 1 is 1.44 bits per heavy atom. The molecule has 0 aliphatic carbocycles. The molecule has 0 saturated carbocycles. The first kappa shape index (κ1) is 13.3. The van der Waals surface area contributed by atoms with Crippen LogP contribution in [0.25, 0.3) is 0 Å². The van der Waals surface area contributed by atoms with Gasteiger partial charge in [-0.1, -0.05) is 6.42 Å². The summed E-state index contributed by atoms with van der Waals surface area (Å²) in [6.07, 6.45) is 1.82. The minimum Gasteiger partial charge on any atom is -0.335 e. The number of amides is 1. The Bertz CT molecular complexity index is 248. The Hall–Kier alpha value is -0.750. The van der Waals surface area contributed by atoms with E-state index in [1.165, 1.54) is 0 Å². The third-order valence-electron chi connectivity index (χ3n) is 2.77. The van der Waals surface area contributed by atoms with E-state index in [1.54, 1.807) is 0 Å². The van der Waals surface area contributed by atoms with Gasteiger partial charge in [0.2, 0.25) is 5.91 Å². The van der Waals surface area contributed by atoms with Crippen LogP contribution in [0.2, 0.25) is 0 Å². The molecule has 1 rings (SSSR count). The first-order valence-corrected chi connectivity index (χ1v) is 5.58. The number of halogens is 2. The van der Waals surface area contributed by atoms with E-state index in [9.17, 15) is 13.6 Å². The van der Waals surface area contributed by atoms with E-state index in [4.69, 9.17) is 11.5 Å². The summed E-state index contributed by atoms with van der Waals surface area (Å²) in [6.45, 7) is 0.176. The monoisotopic (exact) mass is 235 g/mol. The maximum absolute atomic E-state index is 12.9. The van der Waals surface area contributed by atoms with Gasteiger partial charge in [0.15, 0.2) is 0 Å². The molecule has 1 fully saturated rings. The zero-order valence-electron chi connectivity index (χ0n) is 9.29. The fourth-order valence-electron chi connectivity index (χ4n) is 1.79. The first-order valence-electron chi connectivity index (χ1n) is 5.58. The second-order valence-electron chi connectivity index (χ2n) is 4.26. The van der Waals surface area contributed by atoms with Gasteiger partial charge in [0.05, 0.1) is 12.6 Å². The summed E-state index contributed by atoms with van der Waals surface area (Å²) in [4.78, 5) is 12.8. The molecule has 4 N–H and O–H groups in total. The molecule has 0 bridgehead atoms. The Labute approximate surface area is 94.0 Å². The van der Waals surface area contributed by atoms with Crippen LogP contribution in [0.15, 0.2) is 0 Å². The van der Waals surface area contributed by atoms with Crippen LogP contribution in [-0.4, -0.2) is 42.4 Å². The van der Waals surface area contributed by atoms with Crippen molar-refractivity contribution in [1.82, 2.24) is 4.90 Å². The van der Waals surface area contributed by atoms with Crippen molar-refractivity contribution in [2.45, 2.75) is 37.6 Å². The molecule has 1 amide bonds. The lowest BCUT2D eigenvalue weighted by atomic mass is 10.1. The van der Waals surface area contributed by atoms with E-state index in [1.807, 2.05) is 0 Å². The highest BCUT2D eigenvalue weighted by Crippen LogP contribution is 2.27. The van der Waals surface area contributed by atoms with Gasteiger partial charge in [-0.3, -0.25) is 4.79 Å². The fourth-order valence-corrected chi connectivity index (χ4v) is 1.79. The predicted molar refractivity (Wildman–Crippen MR) is 57.0 cm³/mol. The highest BCUT2D eigenvalue weighted by Gasteiger charge is 2.41. The second kappa shape index (κ2) is 5.54. The molecule has 1 atom stereocenters. The zero-order chi connectivity index (χ0) is 12.2. The Balaban J connectivity index is 2.34. The molecule has 1 heterocycles. The third-order valence-corrected chi connectivity index (χ3v) is 2.77. The molecule has 1 saturated heterocycles.